The van der Waals surface area contributed by atoms with Crippen molar-refractivity contribution in [1.29, 1.82) is 0 Å². The average molecular weight is 410 g/mol. The van der Waals surface area contributed by atoms with Crippen LogP contribution in [0.1, 0.15) is 25.0 Å². The van der Waals surface area contributed by atoms with Gasteiger partial charge in [-0.15, -0.1) is 11.8 Å². The van der Waals surface area contributed by atoms with Crippen LogP contribution in [0.2, 0.25) is 0 Å². The lowest BCUT2D eigenvalue weighted by Crippen LogP contribution is -2.42. The lowest BCUT2D eigenvalue weighted by atomic mass is 10.1. The lowest BCUT2D eigenvalue weighted by molar-refractivity contribution is -0.145. The number of anilines is 1. The third-order valence-electron chi connectivity index (χ3n) is 3.40. The zero-order valence-electron chi connectivity index (χ0n) is 16.6. The molecule has 0 atom stereocenters. The second-order valence-electron chi connectivity index (χ2n) is 6.67. The Morgan fingerprint density at radius 3 is 2.43 bits per heavy atom. The van der Waals surface area contributed by atoms with Crippen molar-refractivity contribution in [3.8, 4) is 0 Å². The molecule has 0 fully saturated rings. The van der Waals surface area contributed by atoms with Crippen LogP contribution < -0.4 is 16.0 Å². The van der Waals surface area contributed by atoms with Crippen molar-refractivity contribution in [3.05, 3.63) is 29.3 Å². The van der Waals surface area contributed by atoms with E-state index < -0.39 is 24.5 Å². The lowest BCUT2D eigenvalue weighted by Gasteiger charge is -2.09. The zero-order chi connectivity index (χ0) is 21.1. The van der Waals surface area contributed by atoms with Crippen molar-refractivity contribution in [1.82, 2.24) is 10.6 Å². The summed E-state index contributed by atoms with van der Waals surface area (Å²) in [5, 5.41) is 7.36. The first-order valence-electron chi connectivity index (χ1n) is 8.85. The minimum absolute atomic E-state index is 0.0756. The third kappa shape index (κ3) is 9.96. The highest BCUT2D eigenvalue weighted by Gasteiger charge is 2.12. The number of rotatable bonds is 9. The van der Waals surface area contributed by atoms with E-state index in [0.717, 1.165) is 28.6 Å². The van der Waals surface area contributed by atoms with Crippen LogP contribution in [0.5, 0.6) is 0 Å². The molecule has 0 saturated carbocycles. The molecule has 0 bridgehead atoms. The molecular weight excluding hydrogens is 382 g/mol. The predicted octanol–water partition coefficient (Wildman–Crippen LogP) is 2.00. The minimum Gasteiger partial charge on any atom is -0.455 e. The number of imide groups is 1. The fourth-order valence-corrected chi connectivity index (χ4v) is 2.67. The number of hydrogen-bond acceptors (Lipinski definition) is 6. The number of carbonyl (C=O) groups is 4. The molecule has 154 valence electrons. The van der Waals surface area contributed by atoms with Crippen molar-refractivity contribution in [2.75, 3.05) is 30.0 Å². The van der Waals surface area contributed by atoms with Gasteiger partial charge >= 0.3 is 12.0 Å². The molecule has 9 heteroatoms. The fraction of sp³-hybridized carbons (Fsp3) is 0.474. The number of carbonyl (C=O) groups excluding carboxylic acids is 4. The van der Waals surface area contributed by atoms with Crippen LogP contribution in [0.15, 0.2) is 18.2 Å². The zero-order valence-corrected chi connectivity index (χ0v) is 17.4. The normalized spacial score (nSPS) is 10.3. The fourth-order valence-electron chi connectivity index (χ4n) is 2.06. The highest BCUT2D eigenvalue weighted by molar-refractivity contribution is 8.00. The Bertz CT molecular complexity index is 722. The number of nitrogens with one attached hydrogen (secondary N) is 3. The Labute approximate surface area is 169 Å². The minimum atomic E-state index is -0.716. The standard InChI is InChI=1S/C19H27N3O5S/c1-12(2)8-20-19(26)22-16(23)9-27-18(25)11-28-10-17(24)21-15-6-5-13(3)7-14(15)4/h5-7,12H,8-11H2,1-4H3,(H,21,24)(H2,20,22,23,26). The highest BCUT2D eigenvalue weighted by Crippen LogP contribution is 2.16. The summed E-state index contributed by atoms with van der Waals surface area (Å²) in [5.41, 5.74) is 2.79. The second-order valence-corrected chi connectivity index (χ2v) is 7.66. The summed E-state index contributed by atoms with van der Waals surface area (Å²) in [6.45, 7) is 7.59. The molecule has 0 aliphatic carbocycles. The summed E-state index contributed by atoms with van der Waals surface area (Å²) in [6.07, 6.45) is 0. The van der Waals surface area contributed by atoms with Crippen molar-refractivity contribution in [2.45, 2.75) is 27.7 Å². The van der Waals surface area contributed by atoms with Gasteiger partial charge in [-0.1, -0.05) is 31.5 Å². The molecule has 1 aromatic rings. The number of hydrogen-bond donors (Lipinski definition) is 3. The Morgan fingerprint density at radius 2 is 1.79 bits per heavy atom. The van der Waals surface area contributed by atoms with Crippen molar-refractivity contribution < 1.29 is 23.9 Å². The van der Waals surface area contributed by atoms with E-state index in [9.17, 15) is 19.2 Å². The first kappa shape index (κ1) is 23.5. The van der Waals surface area contributed by atoms with E-state index in [0.29, 0.717) is 6.54 Å². The third-order valence-corrected chi connectivity index (χ3v) is 4.30. The maximum Gasteiger partial charge on any atom is 0.321 e. The van der Waals surface area contributed by atoms with E-state index in [1.807, 2.05) is 45.9 Å². The van der Waals surface area contributed by atoms with Crippen molar-refractivity contribution in [3.63, 3.8) is 0 Å². The van der Waals surface area contributed by atoms with E-state index in [1.165, 1.54) is 0 Å². The molecule has 0 aliphatic heterocycles. The van der Waals surface area contributed by atoms with Crippen LogP contribution in [-0.2, 0) is 19.1 Å². The molecular formula is C19H27N3O5S. The van der Waals surface area contributed by atoms with Crippen LogP contribution >= 0.6 is 11.8 Å². The maximum atomic E-state index is 11.9. The second kappa shape index (κ2) is 12.0. The maximum absolute atomic E-state index is 11.9. The van der Waals surface area contributed by atoms with Gasteiger partial charge in [-0.3, -0.25) is 19.7 Å². The summed E-state index contributed by atoms with van der Waals surface area (Å²) in [4.78, 5) is 46.5. The van der Waals surface area contributed by atoms with Crippen molar-refractivity contribution in [2.24, 2.45) is 5.92 Å². The first-order chi connectivity index (χ1) is 13.2. The summed E-state index contributed by atoms with van der Waals surface area (Å²) in [6, 6.07) is 5.07. The van der Waals surface area contributed by atoms with Gasteiger partial charge in [0.05, 0.1) is 11.5 Å². The van der Waals surface area contributed by atoms with Gasteiger partial charge in [-0.2, -0.15) is 0 Å². The van der Waals surface area contributed by atoms with Crippen LogP contribution in [0.25, 0.3) is 0 Å². The van der Waals surface area contributed by atoms with E-state index in [1.54, 1.807) is 0 Å². The van der Waals surface area contributed by atoms with Gasteiger partial charge in [-0.05, 0) is 31.4 Å². The number of urea groups is 1. The monoisotopic (exact) mass is 409 g/mol. The number of aryl methyl sites for hydroxylation is 2. The smallest absolute Gasteiger partial charge is 0.321 e. The molecule has 8 nitrogen and oxygen atoms in total. The van der Waals surface area contributed by atoms with Crippen LogP contribution in [-0.4, -0.2) is 48.5 Å². The summed E-state index contributed by atoms with van der Waals surface area (Å²) < 4.78 is 4.78. The quantitative estimate of drug-likeness (QED) is 0.538. The summed E-state index contributed by atoms with van der Waals surface area (Å²) in [7, 11) is 0. The molecule has 0 aliphatic rings. The Balaban J connectivity index is 2.21. The van der Waals surface area contributed by atoms with Crippen LogP contribution in [0.4, 0.5) is 10.5 Å². The van der Waals surface area contributed by atoms with Crippen LogP contribution in [0.3, 0.4) is 0 Å². The number of thioether (sulfide) groups is 1. The van der Waals surface area contributed by atoms with Gasteiger partial charge in [0.15, 0.2) is 6.61 Å². The SMILES string of the molecule is Cc1ccc(NC(=O)CSCC(=O)OCC(=O)NC(=O)NCC(C)C)c(C)c1. The van der Waals surface area contributed by atoms with Gasteiger partial charge in [0.2, 0.25) is 5.91 Å². The van der Waals surface area contributed by atoms with Gasteiger partial charge < -0.3 is 15.4 Å². The van der Waals surface area contributed by atoms with Gasteiger partial charge in [0.25, 0.3) is 5.91 Å². The van der Waals surface area contributed by atoms with Gasteiger partial charge in [0.1, 0.15) is 0 Å². The predicted molar refractivity (Wildman–Crippen MR) is 109 cm³/mol. The van der Waals surface area contributed by atoms with E-state index in [2.05, 4.69) is 16.0 Å². The van der Waals surface area contributed by atoms with Crippen LogP contribution in [0, 0.1) is 19.8 Å². The Hall–Kier alpha value is -2.55. The van der Waals surface area contributed by atoms with Gasteiger partial charge in [0, 0.05) is 12.2 Å². The molecule has 0 radical (unpaired) electrons. The average Bonchev–Trinajstić information content (AvgIpc) is 2.60. The molecule has 28 heavy (non-hydrogen) atoms. The Morgan fingerprint density at radius 1 is 1.07 bits per heavy atom. The number of amides is 4. The summed E-state index contributed by atoms with van der Waals surface area (Å²) >= 11 is 1.08. The largest absolute Gasteiger partial charge is 0.455 e. The van der Waals surface area contributed by atoms with E-state index in [-0.39, 0.29) is 23.3 Å². The molecule has 0 saturated heterocycles. The van der Waals surface area contributed by atoms with Gasteiger partial charge in [-0.25, -0.2) is 4.79 Å². The van der Waals surface area contributed by atoms with E-state index in [4.69, 9.17) is 4.74 Å². The molecule has 1 aromatic carbocycles. The summed E-state index contributed by atoms with van der Waals surface area (Å²) in [5.74, 6) is -1.33. The molecule has 0 unspecified atom stereocenters. The van der Waals surface area contributed by atoms with E-state index >= 15 is 0 Å². The number of benzene rings is 1. The number of ether oxygens (including phenoxy) is 1. The Kier molecular flexibility index (Phi) is 10.1. The molecule has 0 spiro atoms. The first-order valence-corrected chi connectivity index (χ1v) is 10.0. The highest BCUT2D eigenvalue weighted by atomic mass is 32.2. The van der Waals surface area contributed by atoms with Crippen molar-refractivity contribution >= 4 is 41.3 Å². The molecule has 3 N–H and O–H groups in total. The molecule has 0 aromatic heterocycles. The topological polar surface area (TPSA) is 114 Å². The molecule has 0 heterocycles. The molecule has 1 rings (SSSR count). The molecule has 4 amide bonds. The number of esters is 1.